The molecule has 0 bridgehead atoms. The van der Waals surface area contributed by atoms with Crippen LogP contribution in [0.15, 0.2) is 114 Å². The van der Waals surface area contributed by atoms with Gasteiger partial charge in [-0.2, -0.15) is 0 Å². The highest BCUT2D eigenvalue weighted by molar-refractivity contribution is 7.92. The maximum Gasteiger partial charge on any atom is 0.269 e. The van der Waals surface area contributed by atoms with Crippen LogP contribution in [0.25, 0.3) is 0 Å². The van der Waals surface area contributed by atoms with Crippen molar-refractivity contribution < 1.29 is 27.3 Å². The zero-order chi connectivity index (χ0) is 34.1. The van der Waals surface area contributed by atoms with E-state index in [1.54, 1.807) is 18.2 Å². The highest BCUT2D eigenvalue weighted by atomic mass is 32.2. The molecule has 1 aliphatic rings. The lowest BCUT2D eigenvalue weighted by Gasteiger charge is -2.35. The standard InChI is InChI=1S/C36H37FN4O6S/c37-29-18-16-28(17-19-29)25-39(34(24-27-10-4-1-5-11-27)36(43)38-30-12-6-2-7-13-30)35(42)26-40(31-20-22-32(23-21-31)41(44)45)48(46,47)33-14-8-3-9-15-33/h1,3-5,8-11,14-23,30,34H,2,6-7,12-13,24-26H2,(H,38,43). The van der Waals surface area contributed by atoms with Gasteiger partial charge in [0.05, 0.1) is 15.5 Å². The van der Waals surface area contributed by atoms with Crippen LogP contribution in [0.2, 0.25) is 0 Å². The summed E-state index contributed by atoms with van der Waals surface area (Å²) in [5.74, 6) is -1.52. The zero-order valence-electron chi connectivity index (χ0n) is 26.3. The fourth-order valence-corrected chi connectivity index (χ4v) is 7.31. The lowest BCUT2D eigenvalue weighted by molar-refractivity contribution is -0.384. The Kier molecular flexibility index (Phi) is 11.2. The summed E-state index contributed by atoms with van der Waals surface area (Å²) in [7, 11) is -4.36. The molecule has 250 valence electrons. The van der Waals surface area contributed by atoms with E-state index in [1.807, 2.05) is 30.3 Å². The van der Waals surface area contributed by atoms with Crippen LogP contribution in [0.1, 0.15) is 43.2 Å². The van der Waals surface area contributed by atoms with Crippen molar-refractivity contribution in [3.05, 3.63) is 136 Å². The second-order valence-electron chi connectivity index (χ2n) is 11.8. The first-order valence-corrected chi connectivity index (χ1v) is 17.3. The van der Waals surface area contributed by atoms with Crippen LogP contribution < -0.4 is 9.62 Å². The van der Waals surface area contributed by atoms with Gasteiger partial charge in [-0.25, -0.2) is 12.8 Å². The summed E-state index contributed by atoms with van der Waals surface area (Å²) < 4.78 is 42.9. The molecule has 0 radical (unpaired) electrons. The van der Waals surface area contributed by atoms with Crippen LogP contribution in [-0.2, 0) is 32.6 Å². The second kappa shape index (κ2) is 15.7. The van der Waals surface area contributed by atoms with Gasteiger partial charge in [-0.1, -0.05) is 79.9 Å². The van der Waals surface area contributed by atoms with Crippen molar-refractivity contribution in [3.63, 3.8) is 0 Å². The number of nitrogens with one attached hydrogen (secondary N) is 1. The van der Waals surface area contributed by atoms with Gasteiger partial charge in [0.2, 0.25) is 11.8 Å². The van der Waals surface area contributed by atoms with Crippen LogP contribution in [-0.4, -0.2) is 48.7 Å². The number of sulfonamides is 1. The van der Waals surface area contributed by atoms with Crippen LogP contribution in [0, 0.1) is 15.9 Å². The van der Waals surface area contributed by atoms with Gasteiger partial charge >= 0.3 is 0 Å². The Morgan fingerprint density at radius 3 is 2.04 bits per heavy atom. The molecule has 1 aliphatic carbocycles. The van der Waals surface area contributed by atoms with Gasteiger partial charge in [-0.3, -0.25) is 24.0 Å². The molecule has 0 aromatic heterocycles. The Balaban J connectivity index is 1.56. The largest absolute Gasteiger partial charge is 0.352 e. The third-order valence-electron chi connectivity index (χ3n) is 8.45. The fourth-order valence-electron chi connectivity index (χ4n) is 5.87. The van der Waals surface area contributed by atoms with Crippen molar-refractivity contribution >= 4 is 33.2 Å². The molecule has 1 N–H and O–H groups in total. The predicted molar refractivity (Wildman–Crippen MR) is 180 cm³/mol. The Labute approximate surface area is 279 Å². The monoisotopic (exact) mass is 672 g/mol. The van der Waals surface area contributed by atoms with E-state index in [1.165, 1.54) is 65.6 Å². The highest BCUT2D eigenvalue weighted by Crippen LogP contribution is 2.27. The van der Waals surface area contributed by atoms with Gasteiger partial charge in [-0.15, -0.1) is 0 Å². The molecule has 4 aromatic carbocycles. The third kappa shape index (κ3) is 8.62. The number of hydrogen-bond donors (Lipinski definition) is 1. The number of anilines is 1. The second-order valence-corrected chi connectivity index (χ2v) is 13.7. The number of hydrogen-bond acceptors (Lipinski definition) is 6. The smallest absolute Gasteiger partial charge is 0.269 e. The quantitative estimate of drug-likeness (QED) is 0.137. The topological polar surface area (TPSA) is 130 Å². The number of nitrogens with zero attached hydrogens (tertiary/aromatic N) is 3. The minimum atomic E-state index is -4.36. The maximum atomic E-state index is 14.5. The Hall–Kier alpha value is -5.10. The van der Waals surface area contributed by atoms with E-state index in [-0.39, 0.29) is 41.2 Å². The minimum absolute atomic E-state index is 0.0331. The number of amides is 2. The van der Waals surface area contributed by atoms with Crippen molar-refractivity contribution in [1.29, 1.82) is 0 Å². The van der Waals surface area contributed by atoms with Crippen LogP contribution in [0.3, 0.4) is 0 Å². The molecule has 48 heavy (non-hydrogen) atoms. The van der Waals surface area contributed by atoms with Gasteiger partial charge in [-0.05, 0) is 60.4 Å². The number of nitro benzene ring substituents is 1. The molecular formula is C36H37FN4O6S. The SMILES string of the molecule is O=C(NC1CCCCC1)C(Cc1ccccc1)N(Cc1ccc(F)cc1)C(=O)CN(c1ccc([N+](=O)[O-])cc1)S(=O)(=O)c1ccccc1. The van der Waals surface area contributed by atoms with Gasteiger partial charge in [0.15, 0.2) is 0 Å². The van der Waals surface area contributed by atoms with Crippen LogP contribution in [0.5, 0.6) is 0 Å². The summed E-state index contributed by atoms with van der Waals surface area (Å²) in [5, 5.41) is 14.5. The van der Waals surface area contributed by atoms with Crippen molar-refractivity contribution in [2.24, 2.45) is 0 Å². The molecule has 1 unspecified atom stereocenters. The molecule has 1 atom stereocenters. The summed E-state index contributed by atoms with van der Waals surface area (Å²) >= 11 is 0. The summed E-state index contributed by atoms with van der Waals surface area (Å²) in [6.07, 6.45) is 4.83. The molecule has 0 spiro atoms. The Bertz CT molecular complexity index is 1800. The summed E-state index contributed by atoms with van der Waals surface area (Å²) in [5.41, 5.74) is 1.12. The number of carbonyl (C=O) groups excluding carboxylic acids is 2. The van der Waals surface area contributed by atoms with Crippen molar-refractivity contribution in [2.45, 2.75) is 62.0 Å². The van der Waals surface area contributed by atoms with Crippen LogP contribution in [0.4, 0.5) is 15.8 Å². The molecule has 0 saturated heterocycles. The summed E-state index contributed by atoms with van der Waals surface area (Å²) in [4.78, 5) is 40.7. The van der Waals surface area contributed by atoms with Gasteiger partial charge in [0, 0.05) is 31.1 Å². The molecule has 4 aromatic rings. The average Bonchev–Trinajstić information content (AvgIpc) is 3.10. The highest BCUT2D eigenvalue weighted by Gasteiger charge is 2.35. The van der Waals surface area contributed by atoms with Gasteiger partial charge < -0.3 is 10.2 Å². The van der Waals surface area contributed by atoms with E-state index < -0.39 is 39.3 Å². The maximum absolute atomic E-state index is 14.5. The predicted octanol–water partition coefficient (Wildman–Crippen LogP) is 6.02. The molecule has 0 heterocycles. The first-order valence-electron chi connectivity index (χ1n) is 15.8. The van der Waals surface area contributed by atoms with E-state index in [4.69, 9.17) is 0 Å². The normalized spacial score (nSPS) is 14.1. The van der Waals surface area contributed by atoms with Crippen molar-refractivity contribution in [1.82, 2.24) is 10.2 Å². The number of rotatable bonds is 13. The van der Waals surface area contributed by atoms with E-state index in [0.717, 1.165) is 42.0 Å². The average molecular weight is 673 g/mol. The lowest BCUT2D eigenvalue weighted by Crippen LogP contribution is -2.55. The molecule has 1 saturated carbocycles. The minimum Gasteiger partial charge on any atom is -0.352 e. The lowest BCUT2D eigenvalue weighted by atomic mass is 9.94. The molecule has 5 rings (SSSR count). The van der Waals surface area contributed by atoms with E-state index in [2.05, 4.69) is 5.32 Å². The van der Waals surface area contributed by atoms with Gasteiger partial charge in [0.25, 0.3) is 15.7 Å². The Morgan fingerprint density at radius 2 is 1.44 bits per heavy atom. The first kappa shape index (κ1) is 34.2. The van der Waals surface area contributed by atoms with Crippen molar-refractivity contribution in [3.8, 4) is 0 Å². The number of carbonyl (C=O) groups is 2. The molecule has 2 amide bonds. The summed E-state index contributed by atoms with van der Waals surface area (Å²) in [6.45, 7) is -0.813. The number of halogens is 1. The molecule has 0 aliphatic heterocycles. The molecule has 10 nitrogen and oxygen atoms in total. The number of benzene rings is 4. The molecular weight excluding hydrogens is 635 g/mol. The van der Waals surface area contributed by atoms with Crippen LogP contribution >= 0.6 is 0 Å². The number of non-ortho nitro benzene ring substituents is 1. The number of nitro groups is 1. The third-order valence-corrected chi connectivity index (χ3v) is 10.2. The first-order chi connectivity index (χ1) is 23.1. The summed E-state index contributed by atoms with van der Waals surface area (Å²) in [6, 6.07) is 26.1. The molecule has 12 heteroatoms. The van der Waals surface area contributed by atoms with E-state index in [0.29, 0.717) is 5.56 Å². The fraction of sp³-hybridized carbons (Fsp3) is 0.278. The zero-order valence-corrected chi connectivity index (χ0v) is 27.1. The van der Waals surface area contributed by atoms with E-state index >= 15 is 0 Å². The molecule has 1 fully saturated rings. The van der Waals surface area contributed by atoms with Gasteiger partial charge in [0.1, 0.15) is 18.4 Å². The Morgan fingerprint density at radius 1 is 0.833 bits per heavy atom. The van der Waals surface area contributed by atoms with Crippen molar-refractivity contribution in [2.75, 3.05) is 10.8 Å². The van der Waals surface area contributed by atoms with E-state index in [9.17, 15) is 32.5 Å².